The fraction of sp³-hybridized carbons (Fsp3) is 0.847. The van der Waals surface area contributed by atoms with E-state index in [0.29, 0.717) is 96.5 Å². The molecule has 16 atom stereocenters. The smallest absolute Gasteiger partial charge is 0.245 e. The van der Waals surface area contributed by atoms with Crippen LogP contribution in [0.3, 0.4) is 0 Å². The molecule has 3 saturated heterocycles. The van der Waals surface area contributed by atoms with Gasteiger partial charge < -0.3 is 160 Å². The highest BCUT2D eigenvalue weighted by Gasteiger charge is 2.48. The summed E-state index contributed by atoms with van der Waals surface area (Å²) in [6, 6.07) is -3.26. The van der Waals surface area contributed by atoms with Crippen LogP contribution < -0.4 is 47.9 Å². The van der Waals surface area contributed by atoms with Gasteiger partial charge in [0.25, 0.3) is 0 Å². The number of carbonyl (C=O) groups is 12. The molecule has 0 aromatic carbocycles. The van der Waals surface area contributed by atoms with Gasteiger partial charge in [-0.3, -0.25) is 57.5 Å². The summed E-state index contributed by atoms with van der Waals surface area (Å²) in [5.74, 6) is -4.60. The first-order valence-corrected chi connectivity index (χ1v) is 44.8. The Morgan fingerprint density at radius 2 is 0.651 bits per heavy atom. The van der Waals surface area contributed by atoms with Crippen molar-refractivity contribution in [2.24, 2.45) is 11.3 Å². The van der Waals surface area contributed by atoms with Gasteiger partial charge in [-0.15, -0.1) is 0 Å². The van der Waals surface area contributed by atoms with Gasteiger partial charge in [0.2, 0.25) is 58.7 Å². The molecule has 18 N–H and O–H groups in total. The van der Waals surface area contributed by atoms with E-state index in [4.69, 9.17) is 68.2 Å². The Morgan fingerprint density at radius 3 is 0.969 bits per heavy atom. The van der Waals surface area contributed by atoms with E-state index in [1.807, 2.05) is 20.8 Å². The number of hydrogen-bond donors (Lipinski definition) is 18. The van der Waals surface area contributed by atoms with Gasteiger partial charge >= 0.3 is 0 Å². The van der Waals surface area contributed by atoms with Crippen molar-refractivity contribution in [3.63, 3.8) is 0 Å². The summed E-state index contributed by atoms with van der Waals surface area (Å²) in [6.07, 6.45) is -9.44. The number of unbranched alkanes of at least 4 members (excludes halogenated alkanes) is 6. The first-order valence-electron chi connectivity index (χ1n) is 44.8. The van der Waals surface area contributed by atoms with E-state index in [1.165, 1.54) is 20.8 Å². The highest BCUT2D eigenvalue weighted by atomic mass is 16.7. The number of aliphatic hydroxyl groups is 9. The number of ketones is 3. The van der Waals surface area contributed by atoms with E-state index in [9.17, 15) is 103 Å². The maximum Gasteiger partial charge on any atom is 0.245 e. The van der Waals surface area contributed by atoms with Crippen molar-refractivity contribution in [1.29, 1.82) is 0 Å². The molecule has 0 spiro atoms. The van der Waals surface area contributed by atoms with E-state index in [1.54, 1.807) is 0 Å². The summed E-state index contributed by atoms with van der Waals surface area (Å²) in [4.78, 5) is 157. The molecule has 3 rings (SSSR count). The van der Waals surface area contributed by atoms with Crippen LogP contribution in [0.2, 0.25) is 0 Å². The highest BCUT2D eigenvalue weighted by Crippen LogP contribution is 2.40. The summed E-state index contributed by atoms with van der Waals surface area (Å²) in [5, 5.41) is 115. The molecule has 742 valence electrons. The number of hydrogen-bond acceptors (Lipinski definition) is 34. The van der Waals surface area contributed by atoms with Crippen molar-refractivity contribution in [2.75, 3.05) is 171 Å². The van der Waals surface area contributed by atoms with Crippen molar-refractivity contribution >= 4 is 70.5 Å². The normalized spacial score (nSPS) is 22.6. The number of nitrogens with one attached hydrogen (secondary N) is 9. The van der Waals surface area contributed by atoms with Crippen LogP contribution in [0.15, 0.2) is 0 Å². The minimum absolute atomic E-state index is 0.0199. The van der Waals surface area contributed by atoms with Gasteiger partial charge in [0, 0.05) is 157 Å². The number of rotatable bonds is 75. The number of Topliss-reactive ketones (excluding diaryl/α,β-unsaturated/α-hetero) is 3. The zero-order valence-electron chi connectivity index (χ0n) is 75.9. The quantitative estimate of drug-likeness (QED) is 0.0206. The summed E-state index contributed by atoms with van der Waals surface area (Å²) >= 11 is 0. The zero-order chi connectivity index (χ0) is 95.4. The molecule has 9 amide bonds. The van der Waals surface area contributed by atoms with Crippen molar-refractivity contribution in [3.8, 4) is 0 Å². The largest absolute Gasteiger partial charge is 0.394 e. The van der Waals surface area contributed by atoms with E-state index < -0.39 is 188 Å². The summed E-state index contributed by atoms with van der Waals surface area (Å²) < 4.78 is 73.0. The Bertz CT molecular complexity index is 3050. The predicted molar refractivity (Wildman–Crippen MR) is 457 cm³/mol. The van der Waals surface area contributed by atoms with Crippen LogP contribution in [0, 0.1) is 17.9 Å². The Morgan fingerprint density at radius 1 is 0.341 bits per heavy atom. The van der Waals surface area contributed by atoms with Gasteiger partial charge in [-0.1, -0.05) is 13.8 Å². The van der Waals surface area contributed by atoms with Crippen LogP contribution in [-0.2, 0) is 119 Å². The lowest BCUT2D eigenvalue weighted by molar-refractivity contribution is -0.270. The average Bonchev–Trinajstić information content (AvgIpc) is 0.986. The van der Waals surface area contributed by atoms with Crippen LogP contribution in [0.4, 0.5) is 0 Å². The molecule has 1 unspecified atom stereocenters. The molecule has 0 aromatic rings. The monoisotopic (exact) mass is 1850 g/mol. The minimum atomic E-state index is -1.46. The number of carbonyl (C=O) groups excluding carboxylic acids is 12. The topological polar surface area (TPSA) is 620 Å². The maximum absolute atomic E-state index is 14.1. The molecule has 44 nitrogen and oxygen atoms in total. The molecule has 3 aliphatic rings. The van der Waals surface area contributed by atoms with Crippen LogP contribution in [0.1, 0.15) is 183 Å². The van der Waals surface area contributed by atoms with Crippen LogP contribution >= 0.6 is 0 Å². The Balaban J connectivity index is 1.61. The summed E-state index contributed by atoms with van der Waals surface area (Å²) in [6.45, 7) is 15.5. The van der Waals surface area contributed by atoms with Crippen molar-refractivity contribution < 1.29 is 165 Å². The molecule has 0 saturated carbocycles. The van der Waals surface area contributed by atoms with Crippen LogP contribution in [-0.4, -0.2) is 385 Å². The first kappa shape index (κ1) is 116. The lowest BCUT2D eigenvalue weighted by Crippen LogP contribution is -2.64. The number of aliphatic hydroxyl groups excluding tert-OH is 9. The second kappa shape index (κ2) is 67.9. The SMILES string of the molecule is [C-]#[N+]C(C)(CCC(=O)CCCOCCOCC(=O)CCCOCCOCC(=O)CC(CCC(=O)NCCOCC(=O)NCCCCCO[C@@H]1O[C@H](CO)[C@H](O)[C@H](O)[C@H]1NC(C)=O)(CCC(=O)NCCOCC(=O)NCCCCCO[C@@H]1O[C@H](CO)[C@H](O)[C@H](O)[C@H]1NC(C)=O)CCC(=O)NCCOCC(=O)NCCCCCO[C@@H]1O[C@H](CO)[C@H](O)[C@H](O)[C@H]1NC(C)=O)C(C)C. The molecule has 3 heterocycles. The Kier molecular flexibility index (Phi) is 61.1. The van der Waals surface area contributed by atoms with Gasteiger partial charge in [0.1, 0.15) is 112 Å². The molecule has 0 radical (unpaired) electrons. The first-order chi connectivity index (χ1) is 61.7. The van der Waals surface area contributed by atoms with Crippen LogP contribution in [0.25, 0.3) is 4.85 Å². The van der Waals surface area contributed by atoms with E-state index in [2.05, 4.69) is 52.7 Å². The second-order valence-electron chi connectivity index (χ2n) is 32.8. The zero-order valence-corrected chi connectivity index (χ0v) is 75.9. The predicted octanol–water partition coefficient (Wildman–Crippen LogP) is -3.71. The molecule has 129 heavy (non-hydrogen) atoms. The Labute approximate surface area is 754 Å². The average molecular weight is 1850 g/mol. The lowest BCUT2D eigenvalue weighted by Gasteiger charge is -2.42. The van der Waals surface area contributed by atoms with E-state index in [0.717, 1.165) is 0 Å². The van der Waals surface area contributed by atoms with Crippen LogP contribution in [0.5, 0.6) is 0 Å². The van der Waals surface area contributed by atoms with E-state index in [-0.39, 0.29) is 207 Å². The molecule has 0 bridgehead atoms. The van der Waals surface area contributed by atoms with Gasteiger partial charge in [0.15, 0.2) is 30.4 Å². The van der Waals surface area contributed by atoms with Crippen molar-refractivity contribution in [3.05, 3.63) is 11.4 Å². The molecule has 0 aromatic heterocycles. The lowest BCUT2D eigenvalue weighted by atomic mass is 9.71. The Hall–Kier alpha value is -7.15. The van der Waals surface area contributed by atoms with Gasteiger partial charge in [-0.25, -0.2) is 6.57 Å². The van der Waals surface area contributed by atoms with Gasteiger partial charge in [-0.2, -0.15) is 0 Å². The molecule has 0 aliphatic carbocycles. The molecule has 44 heteroatoms. The summed E-state index contributed by atoms with van der Waals surface area (Å²) in [7, 11) is 0. The molecule has 3 aliphatic heterocycles. The third-order valence-corrected chi connectivity index (χ3v) is 21.8. The number of nitrogens with zero attached hydrogens (tertiary/aromatic N) is 1. The number of ether oxygens (including phenoxy) is 13. The minimum Gasteiger partial charge on any atom is -0.394 e. The standard InChI is InChI=1S/C85H148N10O34/c1-56(2)84(6,86-7)25-21-60(102)19-17-35-117-43-45-122-51-61(103)20-18-36-118-44-46-123-52-62(104)47-85(26-22-66(105)90-32-40-119-53-69(108)87-29-11-8-14-37-124-81-72(93-57(3)99)78(114)75(111)63(48-96)127-81,27-23-67(106)91-33-41-120-54-70(109)88-30-12-9-15-38-125-82-73(94-58(4)100)79(115)76(112)64(49-97)128-82)28-24-68(107)92-34-42-121-55-71(110)89-31-13-10-16-39-126-83-74(95-59(5)101)80(116)77(113)65(50-98)129-83/h56,63-65,72-83,96-98,111-116H,8-55H2,1-6H3,(H,87,108)(H,88,109)(H,89,110)(H,90,105)(H,91,106)(H,92,107)(H,93,99)(H,94,100)(H,95,101)/t63-,64-,65-,72-,73-,74-,75+,76+,77+,78-,79-,80-,81-,82-,83-,84?/m1/s1. The maximum atomic E-state index is 14.1. The number of amides is 9. The van der Waals surface area contributed by atoms with Crippen molar-refractivity contribution in [1.82, 2.24) is 47.9 Å². The third kappa shape index (κ3) is 50.0. The second-order valence-corrected chi connectivity index (χ2v) is 32.8. The molecule has 3 fully saturated rings. The fourth-order valence-electron chi connectivity index (χ4n) is 13.9. The third-order valence-electron chi connectivity index (χ3n) is 21.8. The van der Waals surface area contributed by atoms with E-state index >= 15 is 0 Å². The van der Waals surface area contributed by atoms with Gasteiger partial charge in [0.05, 0.1) is 66.1 Å². The highest BCUT2D eigenvalue weighted by molar-refractivity contribution is 5.83. The molecular formula is C85H148N10O34. The van der Waals surface area contributed by atoms with Gasteiger partial charge in [-0.05, 0) is 95.3 Å². The molecular weight excluding hydrogens is 1700 g/mol. The summed E-state index contributed by atoms with van der Waals surface area (Å²) in [5.41, 5.74) is -1.78. The fourth-order valence-corrected chi connectivity index (χ4v) is 13.9. The van der Waals surface area contributed by atoms with Crippen molar-refractivity contribution in [2.45, 2.75) is 280 Å².